The van der Waals surface area contributed by atoms with Crippen LogP contribution in [0.4, 0.5) is 8.78 Å². The van der Waals surface area contributed by atoms with Crippen molar-refractivity contribution >= 4 is 5.97 Å². The standard InChI is InChI=1S/C12H8F2N2O3/c1-5-9(12(18)19)11(17)16-10(15-5)6-2-7(13)4-8(14)3-6/h2-4H,1H3,(H,18,19)(H,15,16,17). The van der Waals surface area contributed by atoms with Gasteiger partial charge in [-0.1, -0.05) is 0 Å². The van der Waals surface area contributed by atoms with Crippen molar-refractivity contribution in [3.05, 3.63) is 51.4 Å². The van der Waals surface area contributed by atoms with Gasteiger partial charge in [-0.3, -0.25) is 4.79 Å². The summed E-state index contributed by atoms with van der Waals surface area (Å²) >= 11 is 0. The van der Waals surface area contributed by atoms with Gasteiger partial charge in [0.15, 0.2) is 0 Å². The fourth-order valence-corrected chi connectivity index (χ4v) is 1.67. The van der Waals surface area contributed by atoms with E-state index < -0.39 is 28.7 Å². The maximum atomic E-state index is 13.1. The minimum Gasteiger partial charge on any atom is -0.477 e. The molecule has 0 amide bonds. The number of carbonyl (C=O) groups is 1. The number of aromatic amines is 1. The lowest BCUT2D eigenvalue weighted by Crippen LogP contribution is -2.21. The van der Waals surface area contributed by atoms with Crippen molar-refractivity contribution in [2.45, 2.75) is 6.92 Å². The van der Waals surface area contributed by atoms with Crippen LogP contribution >= 0.6 is 0 Å². The number of rotatable bonds is 2. The van der Waals surface area contributed by atoms with E-state index in [-0.39, 0.29) is 17.1 Å². The van der Waals surface area contributed by atoms with Crippen molar-refractivity contribution in [2.24, 2.45) is 0 Å². The predicted octanol–water partition coefficient (Wildman–Crippen LogP) is 1.72. The van der Waals surface area contributed by atoms with Gasteiger partial charge in [-0.25, -0.2) is 18.6 Å². The highest BCUT2D eigenvalue weighted by atomic mass is 19.1. The molecule has 0 aliphatic heterocycles. The maximum Gasteiger partial charge on any atom is 0.343 e. The number of hydrogen-bond acceptors (Lipinski definition) is 3. The van der Waals surface area contributed by atoms with Crippen LogP contribution in [-0.4, -0.2) is 21.0 Å². The third-order valence-corrected chi connectivity index (χ3v) is 2.45. The van der Waals surface area contributed by atoms with E-state index in [1.165, 1.54) is 6.92 Å². The quantitative estimate of drug-likeness (QED) is 0.867. The van der Waals surface area contributed by atoms with Crippen LogP contribution in [0.5, 0.6) is 0 Å². The van der Waals surface area contributed by atoms with E-state index in [9.17, 15) is 18.4 Å². The van der Waals surface area contributed by atoms with Crippen molar-refractivity contribution in [3.63, 3.8) is 0 Å². The molecule has 0 unspecified atom stereocenters. The number of nitrogens with one attached hydrogen (secondary N) is 1. The second-order valence-electron chi connectivity index (χ2n) is 3.84. The lowest BCUT2D eigenvalue weighted by Gasteiger charge is -2.05. The second kappa shape index (κ2) is 4.60. The molecule has 0 fully saturated rings. The van der Waals surface area contributed by atoms with E-state index in [2.05, 4.69) is 9.97 Å². The Balaban J connectivity index is 2.65. The van der Waals surface area contributed by atoms with Gasteiger partial charge in [-0.05, 0) is 19.1 Å². The van der Waals surface area contributed by atoms with Crippen molar-refractivity contribution in [3.8, 4) is 11.4 Å². The molecule has 1 heterocycles. The molecule has 0 saturated heterocycles. The van der Waals surface area contributed by atoms with E-state index in [1.54, 1.807) is 0 Å². The molecule has 0 aliphatic carbocycles. The highest BCUT2D eigenvalue weighted by molar-refractivity contribution is 5.88. The monoisotopic (exact) mass is 266 g/mol. The van der Waals surface area contributed by atoms with Crippen LogP contribution in [-0.2, 0) is 0 Å². The van der Waals surface area contributed by atoms with Crippen LogP contribution in [0.3, 0.4) is 0 Å². The van der Waals surface area contributed by atoms with Crippen LogP contribution < -0.4 is 5.56 Å². The summed E-state index contributed by atoms with van der Waals surface area (Å²) in [6.45, 7) is 1.33. The Bertz CT molecular complexity index is 705. The molecule has 0 spiro atoms. The van der Waals surface area contributed by atoms with E-state index in [0.717, 1.165) is 12.1 Å². The Morgan fingerprint density at radius 1 is 1.26 bits per heavy atom. The molecule has 0 radical (unpaired) electrons. The molecule has 0 bridgehead atoms. The number of aromatic carboxylic acids is 1. The van der Waals surface area contributed by atoms with Gasteiger partial charge >= 0.3 is 5.97 Å². The molecular weight excluding hydrogens is 258 g/mol. The van der Waals surface area contributed by atoms with Gasteiger partial charge in [-0.15, -0.1) is 0 Å². The zero-order valence-electron chi connectivity index (χ0n) is 9.70. The highest BCUT2D eigenvalue weighted by Crippen LogP contribution is 2.17. The molecule has 2 rings (SSSR count). The van der Waals surface area contributed by atoms with Crippen molar-refractivity contribution < 1.29 is 18.7 Å². The average Bonchev–Trinajstić information content (AvgIpc) is 2.25. The summed E-state index contributed by atoms with van der Waals surface area (Å²) < 4.78 is 26.1. The zero-order valence-corrected chi connectivity index (χ0v) is 9.70. The number of aryl methyl sites for hydroxylation is 1. The number of carboxylic acid groups (broad SMARTS) is 1. The van der Waals surface area contributed by atoms with Crippen LogP contribution in [0, 0.1) is 18.6 Å². The normalized spacial score (nSPS) is 10.5. The third-order valence-electron chi connectivity index (χ3n) is 2.45. The topological polar surface area (TPSA) is 83.0 Å². The third kappa shape index (κ3) is 2.49. The minimum absolute atomic E-state index is 0.0228. The van der Waals surface area contributed by atoms with Gasteiger partial charge in [0, 0.05) is 11.6 Å². The van der Waals surface area contributed by atoms with Gasteiger partial charge in [0.25, 0.3) is 5.56 Å². The largest absolute Gasteiger partial charge is 0.477 e. The number of halogens is 2. The van der Waals surface area contributed by atoms with Crippen molar-refractivity contribution in [2.75, 3.05) is 0 Å². The molecule has 1 aromatic heterocycles. The molecule has 2 N–H and O–H groups in total. The van der Waals surface area contributed by atoms with E-state index in [1.807, 2.05) is 0 Å². The first-order valence-electron chi connectivity index (χ1n) is 5.19. The summed E-state index contributed by atoms with van der Waals surface area (Å²) in [7, 11) is 0. The molecule has 7 heteroatoms. The van der Waals surface area contributed by atoms with Gasteiger partial charge < -0.3 is 10.1 Å². The van der Waals surface area contributed by atoms with Crippen LogP contribution in [0.25, 0.3) is 11.4 Å². The summed E-state index contributed by atoms with van der Waals surface area (Å²) in [5.74, 6) is -3.15. The van der Waals surface area contributed by atoms with Crippen LogP contribution in [0.2, 0.25) is 0 Å². The highest BCUT2D eigenvalue weighted by Gasteiger charge is 2.16. The average molecular weight is 266 g/mol. The second-order valence-corrected chi connectivity index (χ2v) is 3.84. The SMILES string of the molecule is Cc1nc(-c2cc(F)cc(F)c2)[nH]c(=O)c1C(=O)O. The zero-order chi connectivity index (χ0) is 14.2. The molecule has 0 aliphatic rings. The molecule has 19 heavy (non-hydrogen) atoms. The first-order chi connectivity index (χ1) is 8.88. The lowest BCUT2D eigenvalue weighted by atomic mass is 10.1. The number of benzene rings is 1. The number of hydrogen-bond donors (Lipinski definition) is 2. The molecule has 0 saturated carbocycles. The summed E-state index contributed by atoms with van der Waals surface area (Å²) in [5, 5.41) is 8.82. The van der Waals surface area contributed by atoms with Crippen molar-refractivity contribution in [1.82, 2.24) is 9.97 Å². The van der Waals surface area contributed by atoms with Crippen LogP contribution in [0.15, 0.2) is 23.0 Å². The van der Waals surface area contributed by atoms with Crippen LogP contribution in [0.1, 0.15) is 16.1 Å². The van der Waals surface area contributed by atoms with Crippen molar-refractivity contribution in [1.29, 1.82) is 0 Å². The first kappa shape index (κ1) is 12.9. The number of nitrogens with zero attached hydrogens (tertiary/aromatic N) is 1. The smallest absolute Gasteiger partial charge is 0.343 e. The molecule has 1 aromatic carbocycles. The fraction of sp³-hybridized carbons (Fsp3) is 0.0833. The van der Waals surface area contributed by atoms with E-state index in [4.69, 9.17) is 5.11 Å². The number of H-pyrrole nitrogens is 1. The fourth-order valence-electron chi connectivity index (χ4n) is 1.67. The van der Waals surface area contributed by atoms with Gasteiger partial charge in [-0.2, -0.15) is 0 Å². The Morgan fingerprint density at radius 3 is 2.32 bits per heavy atom. The Kier molecular flexibility index (Phi) is 3.12. The molecule has 2 aromatic rings. The van der Waals surface area contributed by atoms with Gasteiger partial charge in [0.1, 0.15) is 23.0 Å². The molecule has 98 valence electrons. The molecule has 5 nitrogen and oxygen atoms in total. The Labute approximate surface area is 105 Å². The van der Waals surface area contributed by atoms with E-state index in [0.29, 0.717) is 6.07 Å². The summed E-state index contributed by atoms with van der Waals surface area (Å²) in [6.07, 6.45) is 0. The summed E-state index contributed by atoms with van der Waals surface area (Å²) in [4.78, 5) is 28.4. The minimum atomic E-state index is -1.41. The number of aromatic nitrogens is 2. The van der Waals surface area contributed by atoms with E-state index >= 15 is 0 Å². The Morgan fingerprint density at radius 2 is 1.84 bits per heavy atom. The maximum absolute atomic E-state index is 13.1. The van der Waals surface area contributed by atoms with Gasteiger partial charge in [0.2, 0.25) is 0 Å². The van der Waals surface area contributed by atoms with Gasteiger partial charge in [0.05, 0.1) is 5.69 Å². The first-order valence-corrected chi connectivity index (χ1v) is 5.19. The number of carboxylic acids is 1. The summed E-state index contributed by atoms with van der Waals surface area (Å²) in [5.41, 5.74) is -1.38. The predicted molar refractivity (Wildman–Crippen MR) is 61.9 cm³/mol. The molecule has 0 atom stereocenters. The Hall–Kier alpha value is -2.57. The molecular formula is C12H8F2N2O3. The summed E-state index contributed by atoms with van der Waals surface area (Å²) in [6, 6.07) is 2.66. The lowest BCUT2D eigenvalue weighted by molar-refractivity contribution is 0.0693.